The molecule has 0 bridgehead atoms. The number of carboxylic acid groups (broad SMARTS) is 1. The summed E-state index contributed by atoms with van der Waals surface area (Å²) in [6, 6.07) is 11.9. The van der Waals surface area contributed by atoms with Gasteiger partial charge in [0.25, 0.3) is 0 Å². The van der Waals surface area contributed by atoms with Gasteiger partial charge >= 0.3 is 5.97 Å². The normalized spacial score (nSPS) is 12.9. The van der Waals surface area contributed by atoms with Crippen LogP contribution in [0, 0.1) is 0 Å². The van der Waals surface area contributed by atoms with Crippen molar-refractivity contribution in [1.82, 2.24) is 0 Å². The van der Waals surface area contributed by atoms with Crippen LogP contribution in [0.4, 0.5) is 0 Å². The number of rotatable bonds is 6. The largest absolute Gasteiger partial charge is 0.603 e. The Morgan fingerprint density at radius 1 is 1.33 bits per heavy atom. The third-order valence-corrected chi connectivity index (χ3v) is 4.57. The fourth-order valence-electron chi connectivity index (χ4n) is 2.42. The van der Waals surface area contributed by atoms with E-state index in [0.717, 1.165) is 5.56 Å². The maximum Gasteiger partial charge on any atom is 0.335 e. The molecule has 2 aromatic rings. The van der Waals surface area contributed by atoms with E-state index in [2.05, 4.69) is 0 Å². The molecular weight excluding hydrogens is 349 g/mol. The summed E-state index contributed by atoms with van der Waals surface area (Å²) < 4.78 is 0. The first-order valence-corrected chi connectivity index (χ1v) is 8.90. The molecular formula is C17H17ClNO4P. The average molecular weight is 366 g/mol. The first kappa shape index (κ1) is 18.6. The van der Waals surface area contributed by atoms with E-state index in [1.54, 1.807) is 24.3 Å². The van der Waals surface area contributed by atoms with Crippen molar-refractivity contribution in [2.24, 2.45) is 5.73 Å². The molecule has 0 amide bonds. The SMILES string of the molecule is NCC(C/C=[P+](/[O-])O)c1ccc(Cl)c(-c2cccc(C(=O)O)c2)c1. The van der Waals surface area contributed by atoms with E-state index in [4.69, 9.17) is 27.3 Å². The number of hydrogen-bond acceptors (Lipinski definition) is 4. The van der Waals surface area contributed by atoms with Gasteiger partial charge in [-0.1, -0.05) is 29.8 Å². The Morgan fingerprint density at radius 3 is 2.71 bits per heavy atom. The van der Waals surface area contributed by atoms with Gasteiger partial charge in [-0.2, -0.15) is 4.89 Å². The molecule has 2 atom stereocenters. The Bertz CT molecular complexity index is 775. The predicted octanol–water partition coefficient (Wildman–Crippen LogP) is 2.60. The summed E-state index contributed by atoms with van der Waals surface area (Å²) in [5.41, 5.74) is 8.22. The molecule has 5 nitrogen and oxygen atoms in total. The Kier molecular flexibility index (Phi) is 6.49. The van der Waals surface area contributed by atoms with Gasteiger partial charge < -0.3 is 15.7 Å². The second-order valence-electron chi connectivity index (χ2n) is 5.28. The zero-order valence-electron chi connectivity index (χ0n) is 12.7. The lowest BCUT2D eigenvalue weighted by Gasteiger charge is -2.15. The smallest absolute Gasteiger partial charge is 0.335 e. The average Bonchev–Trinajstić information content (AvgIpc) is 2.56. The first-order valence-electron chi connectivity index (χ1n) is 7.24. The quantitative estimate of drug-likeness (QED) is 0.682. The minimum absolute atomic E-state index is 0.116. The molecule has 0 radical (unpaired) electrons. The fraction of sp³-hybridized carbons (Fsp3) is 0.176. The summed E-state index contributed by atoms with van der Waals surface area (Å²) in [5, 5.41) is 9.62. The van der Waals surface area contributed by atoms with Gasteiger partial charge in [0.15, 0.2) is 0 Å². The molecule has 0 saturated carbocycles. The zero-order chi connectivity index (χ0) is 17.7. The van der Waals surface area contributed by atoms with Crippen LogP contribution < -0.4 is 10.6 Å². The van der Waals surface area contributed by atoms with Crippen LogP contribution in [0.2, 0.25) is 5.02 Å². The van der Waals surface area contributed by atoms with Crippen LogP contribution in [-0.2, 0) is 0 Å². The van der Waals surface area contributed by atoms with Gasteiger partial charge in [0.1, 0.15) is 5.80 Å². The number of aromatic carboxylic acids is 1. The number of halogens is 1. The van der Waals surface area contributed by atoms with Crippen LogP contribution in [0.25, 0.3) is 11.1 Å². The number of carboxylic acids is 1. The van der Waals surface area contributed by atoms with E-state index in [1.165, 1.54) is 11.9 Å². The highest BCUT2D eigenvalue weighted by Crippen LogP contribution is 2.32. The molecule has 4 N–H and O–H groups in total. The Hall–Kier alpha value is -1.75. The van der Waals surface area contributed by atoms with Crippen LogP contribution in [0.3, 0.4) is 0 Å². The van der Waals surface area contributed by atoms with Gasteiger partial charge in [0.2, 0.25) is 8.00 Å². The van der Waals surface area contributed by atoms with E-state index >= 15 is 0 Å². The summed E-state index contributed by atoms with van der Waals surface area (Å²) in [5.74, 6) is 0.201. The molecule has 126 valence electrons. The molecule has 0 heterocycles. The molecule has 2 unspecified atom stereocenters. The van der Waals surface area contributed by atoms with Gasteiger partial charge in [-0.3, -0.25) is 0 Å². The fourth-order valence-corrected chi connectivity index (χ4v) is 3.09. The molecule has 0 spiro atoms. The molecule has 2 rings (SSSR count). The highest BCUT2D eigenvalue weighted by atomic mass is 35.5. The van der Waals surface area contributed by atoms with E-state index in [-0.39, 0.29) is 11.5 Å². The summed E-state index contributed by atoms with van der Waals surface area (Å²) in [7, 11) is -2.32. The lowest BCUT2D eigenvalue weighted by Crippen LogP contribution is -2.13. The second kappa shape index (κ2) is 8.38. The Morgan fingerprint density at radius 2 is 2.08 bits per heavy atom. The Labute approximate surface area is 145 Å². The zero-order valence-corrected chi connectivity index (χ0v) is 14.4. The third kappa shape index (κ3) is 4.63. The van der Waals surface area contributed by atoms with Gasteiger partial charge in [0.05, 0.1) is 5.56 Å². The molecule has 24 heavy (non-hydrogen) atoms. The lowest BCUT2D eigenvalue weighted by molar-refractivity contribution is -0.167. The van der Waals surface area contributed by atoms with Crippen LogP contribution in [0.15, 0.2) is 42.5 Å². The van der Waals surface area contributed by atoms with Crippen molar-refractivity contribution >= 4 is 31.4 Å². The van der Waals surface area contributed by atoms with E-state index in [0.29, 0.717) is 29.1 Å². The van der Waals surface area contributed by atoms with Crippen LogP contribution in [-0.4, -0.2) is 28.3 Å². The lowest BCUT2D eigenvalue weighted by atomic mass is 9.93. The summed E-state index contributed by atoms with van der Waals surface area (Å²) in [6.07, 6.45) is 0.373. The molecule has 0 aliphatic heterocycles. The van der Waals surface area contributed by atoms with Crippen LogP contribution in [0.5, 0.6) is 0 Å². The van der Waals surface area contributed by atoms with Gasteiger partial charge in [-0.05, 0) is 41.9 Å². The standard InChI is InChI=1S/C17H17ClNO4P/c18-16-5-4-11(14(10-19)6-7-24(22)23)9-15(16)12-2-1-3-13(8-12)17(20)21/h1-5,7-9,14H,6,10,19H2,(H,20,21)(H,22,23). The van der Waals surface area contributed by atoms with E-state index in [1.807, 2.05) is 12.1 Å². The molecule has 0 aliphatic carbocycles. The molecule has 7 heteroatoms. The maximum absolute atomic E-state index is 11.1. The number of benzene rings is 2. The summed E-state index contributed by atoms with van der Waals surface area (Å²) >= 11 is 6.26. The molecule has 0 aliphatic rings. The molecule has 2 aromatic carbocycles. The van der Waals surface area contributed by atoms with Crippen molar-refractivity contribution in [3.8, 4) is 11.1 Å². The molecule has 0 saturated heterocycles. The highest BCUT2D eigenvalue weighted by molar-refractivity contribution is 7.43. The topological polar surface area (TPSA) is 107 Å². The minimum Gasteiger partial charge on any atom is -0.603 e. The minimum atomic E-state index is -2.32. The van der Waals surface area contributed by atoms with Crippen molar-refractivity contribution < 1.29 is 19.7 Å². The number of carbonyl (C=O) groups is 1. The van der Waals surface area contributed by atoms with Gasteiger partial charge in [-0.15, -0.1) is 0 Å². The van der Waals surface area contributed by atoms with Crippen LogP contribution in [0.1, 0.15) is 28.3 Å². The van der Waals surface area contributed by atoms with E-state index < -0.39 is 14.0 Å². The van der Waals surface area contributed by atoms with Crippen LogP contribution >= 0.6 is 19.6 Å². The summed E-state index contributed by atoms with van der Waals surface area (Å²) in [4.78, 5) is 30.9. The second-order valence-corrected chi connectivity index (χ2v) is 6.66. The predicted molar refractivity (Wildman–Crippen MR) is 95.5 cm³/mol. The van der Waals surface area contributed by atoms with Crippen molar-refractivity contribution in [1.29, 1.82) is 0 Å². The highest BCUT2D eigenvalue weighted by Gasteiger charge is 2.14. The third-order valence-electron chi connectivity index (χ3n) is 3.71. The van der Waals surface area contributed by atoms with Gasteiger partial charge in [0, 0.05) is 22.9 Å². The number of nitrogens with two attached hydrogens (primary N) is 1. The summed E-state index contributed by atoms with van der Waals surface area (Å²) in [6.45, 7) is 0.315. The van der Waals surface area contributed by atoms with Crippen molar-refractivity contribution in [3.05, 3.63) is 58.6 Å². The van der Waals surface area contributed by atoms with Crippen molar-refractivity contribution in [3.63, 3.8) is 0 Å². The Balaban J connectivity index is 2.43. The monoisotopic (exact) mass is 365 g/mol. The van der Waals surface area contributed by atoms with Crippen molar-refractivity contribution in [2.45, 2.75) is 12.3 Å². The molecule has 0 fully saturated rings. The van der Waals surface area contributed by atoms with Gasteiger partial charge in [-0.25, -0.2) is 4.79 Å². The number of hydrogen-bond donors (Lipinski definition) is 3. The molecule has 0 aromatic heterocycles. The van der Waals surface area contributed by atoms with Crippen molar-refractivity contribution in [2.75, 3.05) is 6.54 Å². The van der Waals surface area contributed by atoms with E-state index in [9.17, 15) is 9.69 Å². The first-order chi connectivity index (χ1) is 11.4. The maximum atomic E-state index is 11.1.